The summed E-state index contributed by atoms with van der Waals surface area (Å²) in [6.45, 7) is 0.164. The maximum absolute atomic E-state index is 12.6. The van der Waals surface area contributed by atoms with Crippen LogP contribution < -0.4 is 4.74 Å². The van der Waals surface area contributed by atoms with E-state index in [-0.39, 0.29) is 6.54 Å². The Morgan fingerprint density at radius 3 is 2.50 bits per heavy atom. The minimum Gasteiger partial charge on any atom is -0.497 e. The second-order valence-corrected chi connectivity index (χ2v) is 4.00. The molecule has 0 aliphatic rings. The van der Waals surface area contributed by atoms with Crippen LogP contribution in [0.25, 0.3) is 0 Å². The molecule has 0 fully saturated rings. The highest BCUT2D eigenvalue weighted by atomic mass is 19.3. The molecule has 1 aromatic heterocycles. The third kappa shape index (κ3) is 2.90. The molecule has 0 saturated carbocycles. The third-order valence-electron chi connectivity index (χ3n) is 2.68. The van der Waals surface area contributed by atoms with Gasteiger partial charge in [0.1, 0.15) is 11.9 Å². The molecule has 0 bridgehead atoms. The van der Waals surface area contributed by atoms with Crippen LogP contribution in [0.5, 0.6) is 5.75 Å². The molecule has 0 amide bonds. The van der Waals surface area contributed by atoms with Crippen LogP contribution >= 0.6 is 0 Å². The molecule has 0 atom stereocenters. The van der Waals surface area contributed by atoms with Gasteiger partial charge < -0.3 is 4.74 Å². The van der Waals surface area contributed by atoms with Gasteiger partial charge in [-0.3, -0.25) is 14.8 Å². The molecule has 0 unspecified atom stereocenters. The van der Waals surface area contributed by atoms with Crippen molar-refractivity contribution in [1.82, 2.24) is 9.78 Å². The van der Waals surface area contributed by atoms with E-state index in [1.165, 1.54) is 7.11 Å². The van der Waals surface area contributed by atoms with Crippen LogP contribution in [0.1, 0.15) is 17.7 Å². The minimum absolute atomic E-state index is 0.164. The predicted molar refractivity (Wildman–Crippen MR) is 65.9 cm³/mol. The summed E-state index contributed by atoms with van der Waals surface area (Å²) in [7, 11) is 1.53. The Morgan fingerprint density at radius 1 is 1.40 bits per heavy atom. The van der Waals surface area contributed by atoms with E-state index in [4.69, 9.17) is 4.74 Å². The first-order chi connectivity index (χ1) is 9.51. The number of hydrogen-bond donors (Lipinski definition) is 0. The Bertz CT molecular complexity index is 611. The standard InChI is InChI=1S/C12H11F2N3O3/c1-20-9-4-2-8(3-5-9)6-16-7-10(17(18)19)11(15-16)12(13)14/h2-5,7,12H,6H2,1H3. The highest BCUT2D eigenvalue weighted by Crippen LogP contribution is 2.27. The first-order valence-electron chi connectivity index (χ1n) is 5.64. The summed E-state index contributed by atoms with van der Waals surface area (Å²) in [5.41, 5.74) is -0.721. The average Bonchev–Trinajstić information content (AvgIpc) is 2.84. The summed E-state index contributed by atoms with van der Waals surface area (Å²) in [5, 5.41) is 14.2. The molecule has 0 aliphatic carbocycles. The van der Waals surface area contributed by atoms with E-state index >= 15 is 0 Å². The van der Waals surface area contributed by atoms with Gasteiger partial charge >= 0.3 is 5.69 Å². The summed E-state index contributed by atoms with van der Waals surface area (Å²) in [6, 6.07) is 6.88. The monoisotopic (exact) mass is 283 g/mol. The molecule has 2 rings (SSSR count). The van der Waals surface area contributed by atoms with Crippen LogP contribution in [0.2, 0.25) is 0 Å². The summed E-state index contributed by atoms with van der Waals surface area (Å²) >= 11 is 0. The van der Waals surface area contributed by atoms with Crippen LogP contribution in [-0.4, -0.2) is 21.8 Å². The molecular weight excluding hydrogens is 272 g/mol. The zero-order valence-corrected chi connectivity index (χ0v) is 10.5. The molecule has 0 spiro atoms. The van der Waals surface area contributed by atoms with Gasteiger partial charge in [0.05, 0.1) is 18.6 Å². The fourth-order valence-electron chi connectivity index (χ4n) is 1.72. The van der Waals surface area contributed by atoms with Crippen LogP contribution in [0.15, 0.2) is 30.5 Å². The van der Waals surface area contributed by atoms with E-state index in [2.05, 4.69) is 5.10 Å². The van der Waals surface area contributed by atoms with Crippen molar-refractivity contribution >= 4 is 5.69 Å². The highest BCUT2D eigenvalue weighted by Gasteiger charge is 2.26. The normalized spacial score (nSPS) is 10.8. The van der Waals surface area contributed by atoms with E-state index in [1.54, 1.807) is 24.3 Å². The fraction of sp³-hybridized carbons (Fsp3) is 0.250. The molecule has 0 saturated heterocycles. The lowest BCUT2D eigenvalue weighted by Crippen LogP contribution is -2.01. The lowest BCUT2D eigenvalue weighted by Gasteiger charge is -2.03. The maximum atomic E-state index is 12.6. The van der Waals surface area contributed by atoms with Crippen LogP contribution in [0.4, 0.5) is 14.5 Å². The van der Waals surface area contributed by atoms with E-state index in [0.717, 1.165) is 16.4 Å². The highest BCUT2D eigenvalue weighted by molar-refractivity contribution is 5.34. The molecular formula is C12H11F2N3O3. The number of nitrogens with zero attached hydrogens (tertiary/aromatic N) is 3. The molecule has 1 heterocycles. The number of ether oxygens (including phenoxy) is 1. The summed E-state index contributed by atoms with van der Waals surface area (Å²) in [5.74, 6) is 0.661. The van der Waals surface area contributed by atoms with Crippen molar-refractivity contribution in [3.05, 3.63) is 51.8 Å². The van der Waals surface area contributed by atoms with Gasteiger partial charge in [0.2, 0.25) is 5.69 Å². The smallest absolute Gasteiger partial charge is 0.316 e. The second kappa shape index (κ2) is 5.64. The van der Waals surface area contributed by atoms with E-state index < -0.39 is 22.7 Å². The number of nitro groups is 1. The number of halogens is 2. The van der Waals surface area contributed by atoms with Crippen molar-refractivity contribution in [2.45, 2.75) is 13.0 Å². The number of alkyl halides is 2. The zero-order chi connectivity index (χ0) is 14.7. The predicted octanol–water partition coefficient (Wildman–Crippen LogP) is 2.79. The first-order valence-corrected chi connectivity index (χ1v) is 5.64. The van der Waals surface area contributed by atoms with Gasteiger partial charge in [0, 0.05) is 0 Å². The van der Waals surface area contributed by atoms with Crippen LogP contribution in [0, 0.1) is 10.1 Å². The summed E-state index contributed by atoms with van der Waals surface area (Å²) < 4.78 is 31.4. The van der Waals surface area contributed by atoms with Gasteiger partial charge in [-0.15, -0.1) is 0 Å². The number of hydrogen-bond acceptors (Lipinski definition) is 4. The van der Waals surface area contributed by atoms with Gasteiger partial charge in [-0.2, -0.15) is 5.10 Å². The Morgan fingerprint density at radius 2 is 2.05 bits per heavy atom. The molecule has 0 radical (unpaired) electrons. The SMILES string of the molecule is COc1ccc(Cn2cc([N+](=O)[O-])c(C(F)F)n2)cc1. The number of rotatable bonds is 5. The molecule has 0 N–H and O–H groups in total. The molecule has 106 valence electrons. The van der Waals surface area contributed by atoms with Gasteiger partial charge in [-0.25, -0.2) is 8.78 Å². The lowest BCUT2D eigenvalue weighted by atomic mass is 10.2. The van der Waals surface area contributed by atoms with Crippen molar-refractivity contribution < 1.29 is 18.4 Å². The molecule has 8 heteroatoms. The Balaban J connectivity index is 2.24. The number of aromatic nitrogens is 2. The fourth-order valence-corrected chi connectivity index (χ4v) is 1.72. The van der Waals surface area contributed by atoms with Gasteiger partial charge in [0.15, 0.2) is 0 Å². The van der Waals surface area contributed by atoms with Crippen LogP contribution in [-0.2, 0) is 6.54 Å². The van der Waals surface area contributed by atoms with Crippen molar-refractivity contribution in [3.63, 3.8) is 0 Å². The quantitative estimate of drug-likeness (QED) is 0.625. The zero-order valence-electron chi connectivity index (χ0n) is 10.5. The topological polar surface area (TPSA) is 70.2 Å². The molecule has 2 aromatic rings. The lowest BCUT2D eigenvalue weighted by molar-refractivity contribution is -0.386. The Kier molecular flexibility index (Phi) is 3.92. The maximum Gasteiger partial charge on any atom is 0.316 e. The molecule has 0 aliphatic heterocycles. The van der Waals surface area contributed by atoms with Crippen molar-refractivity contribution in [2.75, 3.05) is 7.11 Å². The minimum atomic E-state index is -2.98. The molecule has 1 aromatic carbocycles. The van der Waals surface area contributed by atoms with Gasteiger partial charge in [0.25, 0.3) is 6.43 Å². The first kappa shape index (κ1) is 13.9. The second-order valence-electron chi connectivity index (χ2n) is 4.00. The van der Waals surface area contributed by atoms with E-state index in [1.807, 2.05) is 0 Å². The van der Waals surface area contributed by atoms with Crippen molar-refractivity contribution in [2.24, 2.45) is 0 Å². The Labute approximate surface area is 112 Å². The summed E-state index contributed by atoms with van der Waals surface area (Å²) in [4.78, 5) is 9.82. The van der Waals surface area contributed by atoms with Gasteiger partial charge in [-0.05, 0) is 17.7 Å². The third-order valence-corrected chi connectivity index (χ3v) is 2.68. The number of methoxy groups -OCH3 is 1. The van der Waals surface area contributed by atoms with Crippen LogP contribution in [0.3, 0.4) is 0 Å². The Hall–Kier alpha value is -2.51. The largest absolute Gasteiger partial charge is 0.497 e. The van der Waals surface area contributed by atoms with Crippen molar-refractivity contribution in [1.29, 1.82) is 0 Å². The van der Waals surface area contributed by atoms with E-state index in [0.29, 0.717) is 5.75 Å². The van der Waals surface area contributed by atoms with E-state index in [9.17, 15) is 18.9 Å². The molecule has 20 heavy (non-hydrogen) atoms. The summed E-state index contributed by atoms with van der Waals surface area (Å²) in [6.07, 6.45) is -1.97. The average molecular weight is 283 g/mol. The van der Waals surface area contributed by atoms with Gasteiger partial charge in [-0.1, -0.05) is 12.1 Å². The number of benzene rings is 1. The van der Waals surface area contributed by atoms with Crippen molar-refractivity contribution in [3.8, 4) is 5.75 Å². The molecule has 6 nitrogen and oxygen atoms in total.